The average molecular weight is 530 g/mol. The number of aromatic nitrogens is 3. The standard InChI is InChI=1S/C30H35N5O4/c1-3-14-34-26-20-25(31-27(26)28(36)35(15-4-2)29(34)37)23-12-10-22(11-13-23)21-39-30(38)33-18-16-32(17-19-33)24-8-6-5-7-9-24/h5-13,20,31H,3-4,14-19,21H2,1-2H3. The van der Waals surface area contributed by atoms with E-state index in [-0.39, 0.29) is 23.9 Å². The normalized spacial score (nSPS) is 13.7. The molecule has 4 aromatic rings. The number of benzene rings is 2. The summed E-state index contributed by atoms with van der Waals surface area (Å²) in [6, 6.07) is 19.8. The minimum atomic E-state index is -0.306. The Kier molecular flexibility index (Phi) is 7.86. The van der Waals surface area contributed by atoms with Gasteiger partial charge in [-0.15, -0.1) is 0 Å². The van der Waals surface area contributed by atoms with E-state index in [0.29, 0.717) is 43.6 Å². The van der Waals surface area contributed by atoms with E-state index in [9.17, 15) is 14.4 Å². The molecule has 0 aliphatic carbocycles. The molecule has 0 saturated carbocycles. The second kappa shape index (κ2) is 11.6. The topological polar surface area (TPSA) is 92.6 Å². The maximum absolute atomic E-state index is 13.0. The maximum Gasteiger partial charge on any atom is 0.410 e. The van der Waals surface area contributed by atoms with Crippen molar-refractivity contribution in [3.63, 3.8) is 0 Å². The Morgan fingerprint density at radius 3 is 2.21 bits per heavy atom. The number of nitrogens with one attached hydrogen (secondary N) is 1. The number of carbonyl (C=O) groups is 1. The first-order valence-corrected chi connectivity index (χ1v) is 13.7. The third-order valence-electron chi connectivity index (χ3n) is 7.19. The van der Waals surface area contributed by atoms with Crippen molar-refractivity contribution in [3.8, 4) is 11.3 Å². The van der Waals surface area contributed by atoms with E-state index >= 15 is 0 Å². The molecule has 0 spiro atoms. The quantitative estimate of drug-likeness (QED) is 0.364. The first-order chi connectivity index (χ1) is 19.0. The van der Waals surface area contributed by atoms with Crippen LogP contribution in [0.2, 0.25) is 0 Å². The van der Waals surface area contributed by atoms with Crippen LogP contribution in [0.3, 0.4) is 0 Å². The summed E-state index contributed by atoms with van der Waals surface area (Å²) in [7, 11) is 0. The number of aryl methyl sites for hydroxylation is 1. The number of amides is 1. The van der Waals surface area contributed by atoms with Gasteiger partial charge in [0.1, 0.15) is 12.1 Å². The number of nitrogens with zero attached hydrogens (tertiary/aromatic N) is 4. The predicted octanol–water partition coefficient (Wildman–Crippen LogP) is 4.44. The molecule has 0 bridgehead atoms. The van der Waals surface area contributed by atoms with Crippen molar-refractivity contribution in [1.29, 1.82) is 0 Å². The number of anilines is 1. The second-order valence-electron chi connectivity index (χ2n) is 9.90. The molecule has 1 amide bonds. The van der Waals surface area contributed by atoms with Crippen LogP contribution < -0.4 is 16.1 Å². The first-order valence-electron chi connectivity index (χ1n) is 13.7. The van der Waals surface area contributed by atoms with Gasteiger partial charge in [-0.2, -0.15) is 0 Å². The monoisotopic (exact) mass is 529 g/mol. The van der Waals surface area contributed by atoms with Gasteiger partial charge in [0.05, 0.1) is 5.52 Å². The fourth-order valence-electron chi connectivity index (χ4n) is 5.11. The molecule has 1 aliphatic heterocycles. The number of fused-ring (bicyclic) bond motifs is 1. The molecule has 1 saturated heterocycles. The van der Waals surface area contributed by atoms with Crippen molar-refractivity contribution in [2.45, 2.75) is 46.4 Å². The van der Waals surface area contributed by atoms with E-state index < -0.39 is 0 Å². The van der Waals surface area contributed by atoms with E-state index in [4.69, 9.17) is 4.74 Å². The fraction of sp³-hybridized carbons (Fsp3) is 0.367. The summed E-state index contributed by atoms with van der Waals surface area (Å²) >= 11 is 0. The van der Waals surface area contributed by atoms with Gasteiger partial charge in [-0.3, -0.25) is 13.9 Å². The molecule has 1 aliphatic rings. The molecule has 39 heavy (non-hydrogen) atoms. The number of aromatic amines is 1. The van der Waals surface area contributed by atoms with Crippen LogP contribution in [-0.4, -0.2) is 51.3 Å². The first kappa shape index (κ1) is 26.3. The van der Waals surface area contributed by atoms with Gasteiger partial charge in [0.15, 0.2) is 0 Å². The lowest BCUT2D eigenvalue weighted by Crippen LogP contribution is -2.48. The van der Waals surface area contributed by atoms with E-state index in [0.717, 1.165) is 36.3 Å². The number of para-hydroxylation sites is 1. The predicted molar refractivity (Wildman–Crippen MR) is 153 cm³/mol. The highest BCUT2D eigenvalue weighted by atomic mass is 16.6. The lowest BCUT2D eigenvalue weighted by Gasteiger charge is -2.35. The molecule has 3 heterocycles. The van der Waals surface area contributed by atoms with Crippen LogP contribution in [0, 0.1) is 0 Å². The summed E-state index contributed by atoms with van der Waals surface area (Å²) in [5, 5.41) is 0. The Balaban J connectivity index is 1.25. The Morgan fingerprint density at radius 1 is 0.872 bits per heavy atom. The summed E-state index contributed by atoms with van der Waals surface area (Å²) in [6.45, 7) is 7.86. The molecule has 0 atom stereocenters. The van der Waals surface area contributed by atoms with Gasteiger partial charge in [0, 0.05) is 50.6 Å². The van der Waals surface area contributed by atoms with E-state index in [1.54, 1.807) is 9.47 Å². The molecule has 9 nitrogen and oxygen atoms in total. The smallest absolute Gasteiger partial charge is 0.410 e. The van der Waals surface area contributed by atoms with E-state index in [1.807, 2.05) is 62.4 Å². The summed E-state index contributed by atoms with van der Waals surface area (Å²) in [4.78, 5) is 45.9. The number of rotatable bonds is 8. The molecule has 1 fully saturated rings. The second-order valence-corrected chi connectivity index (χ2v) is 9.90. The Hall–Kier alpha value is -4.27. The molecule has 0 radical (unpaired) electrons. The maximum atomic E-state index is 13.0. The molecule has 1 N–H and O–H groups in total. The molecular formula is C30H35N5O4. The van der Waals surface area contributed by atoms with E-state index in [2.05, 4.69) is 22.0 Å². The summed E-state index contributed by atoms with van der Waals surface area (Å²) in [5.74, 6) is 0. The highest BCUT2D eigenvalue weighted by molar-refractivity contribution is 5.82. The summed E-state index contributed by atoms with van der Waals surface area (Å²) in [6.07, 6.45) is 1.19. The third-order valence-corrected chi connectivity index (χ3v) is 7.19. The van der Waals surface area contributed by atoms with Crippen LogP contribution >= 0.6 is 0 Å². The number of hydrogen-bond acceptors (Lipinski definition) is 5. The van der Waals surface area contributed by atoms with Crippen molar-refractivity contribution >= 4 is 22.8 Å². The Labute approximate surface area is 227 Å². The van der Waals surface area contributed by atoms with Gasteiger partial charge in [0.25, 0.3) is 5.56 Å². The molecule has 2 aromatic heterocycles. The third kappa shape index (κ3) is 5.48. The van der Waals surface area contributed by atoms with Gasteiger partial charge in [-0.1, -0.05) is 56.3 Å². The Morgan fingerprint density at radius 2 is 1.54 bits per heavy atom. The number of ether oxygens (including phenoxy) is 1. The highest BCUT2D eigenvalue weighted by Crippen LogP contribution is 2.23. The van der Waals surface area contributed by atoms with Crippen LogP contribution in [0.1, 0.15) is 32.3 Å². The largest absolute Gasteiger partial charge is 0.445 e. The average Bonchev–Trinajstić information content (AvgIpc) is 3.43. The number of H-pyrrole nitrogens is 1. The molecule has 9 heteroatoms. The van der Waals surface area contributed by atoms with Gasteiger partial charge in [-0.25, -0.2) is 9.59 Å². The molecule has 204 valence electrons. The summed E-state index contributed by atoms with van der Waals surface area (Å²) < 4.78 is 8.59. The van der Waals surface area contributed by atoms with Crippen molar-refractivity contribution in [1.82, 2.24) is 19.0 Å². The zero-order valence-electron chi connectivity index (χ0n) is 22.6. The van der Waals surface area contributed by atoms with Gasteiger partial charge in [0.2, 0.25) is 0 Å². The molecule has 0 unspecified atom stereocenters. The minimum Gasteiger partial charge on any atom is -0.445 e. The molecular weight excluding hydrogens is 494 g/mol. The highest BCUT2D eigenvalue weighted by Gasteiger charge is 2.22. The SMILES string of the molecule is CCCn1c(=O)c2[nH]c(-c3ccc(COC(=O)N4CCN(c5ccccc5)CC4)cc3)cc2n(CCC)c1=O. The summed E-state index contributed by atoms with van der Waals surface area (Å²) in [5.41, 5.74) is 4.20. The van der Waals surface area contributed by atoms with Crippen LogP contribution in [0.5, 0.6) is 0 Å². The van der Waals surface area contributed by atoms with Crippen molar-refractivity contribution in [2.75, 3.05) is 31.1 Å². The molecule has 2 aromatic carbocycles. The lowest BCUT2D eigenvalue weighted by atomic mass is 10.1. The number of carbonyl (C=O) groups excluding carboxylic acids is 1. The minimum absolute atomic E-state index is 0.183. The van der Waals surface area contributed by atoms with E-state index in [1.165, 1.54) is 10.3 Å². The zero-order chi connectivity index (χ0) is 27.4. The van der Waals surface area contributed by atoms with Crippen LogP contribution in [0.4, 0.5) is 10.5 Å². The number of hydrogen-bond donors (Lipinski definition) is 1. The lowest BCUT2D eigenvalue weighted by molar-refractivity contribution is 0.0942. The van der Waals surface area contributed by atoms with Gasteiger partial charge in [-0.05, 0) is 42.2 Å². The Bertz CT molecular complexity index is 1540. The van der Waals surface area contributed by atoms with Crippen LogP contribution in [0.15, 0.2) is 70.3 Å². The van der Waals surface area contributed by atoms with Gasteiger partial charge >= 0.3 is 11.8 Å². The number of piperazine rings is 1. The molecule has 5 rings (SSSR count). The van der Waals surface area contributed by atoms with Crippen molar-refractivity contribution in [3.05, 3.63) is 87.1 Å². The zero-order valence-corrected chi connectivity index (χ0v) is 22.6. The fourth-order valence-corrected chi connectivity index (χ4v) is 5.11. The van der Waals surface area contributed by atoms with Crippen molar-refractivity contribution < 1.29 is 9.53 Å². The van der Waals surface area contributed by atoms with Crippen LogP contribution in [0.25, 0.3) is 22.3 Å². The van der Waals surface area contributed by atoms with Gasteiger partial charge < -0.3 is 19.5 Å². The van der Waals surface area contributed by atoms with Crippen molar-refractivity contribution in [2.24, 2.45) is 0 Å². The van der Waals surface area contributed by atoms with Crippen LogP contribution in [-0.2, 0) is 24.4 Å².